The lowest BCUT2D eigenvalue weighted by Gasteiger charge is -2.31. The Morgan fingerprint density at radius 3 is 2.56 bits per heavy atom. The lowest BCUT2D eigenvalue weighted by atomic mass is 9.95. The van der Waals surface area contributed by atoms with Crippen LogP contribution >= 0.6 is 0 Å². The summed E-state index contributed by atoms with van der Waals surface area (Å²) in [5, 5.41) is 3.55. The molecule has 1 N–H and O–H groups in total. The SMILES string of the molecule is CC(c1ccc(OCc2ccccc2)cc1)N1CC2CNCC2C1C. The number of likely N-dealkylation sites (tertiary alicyclic amines) is 1. The first kappa shape index (κ1) is 16.6. The number of hydrogen-bond acceptors (Lipinski definition) is 3. The lowest BCUT2D eigenvalue weighted by molar-refractivity contribution is 0.182. The van der Waals surface area contributed by atoms with Crippen molar-refractivity contribution in [1.82, 2.24) is 10.2 Å². The van der Waals surface area contributed by atoms with E-state index in [4.69, 9.17) is 4.74 Å². The molecule has 3 heteroatoms. The van der Waals surface area contributed by atoms with E-state index in [1.807, 2.05) is 18.2 Å². The van der Waals surface area contributed by atoms with Crippen molar-refractivity contribution >= 4 is 0 Å². The van der Waals surface area contributed by atoms with Gasteiger partial charge >= 0.3 is 0 Å². The van der Waals surface area contributed by atoms with Crippen molar-refractivity contribution in [1.29, 1.82) is 0 Å². The fraction of sp³-hybridized carbons (Fsp3) is 0.455. The van der Waals surface area contributed by atoms with E-state index in [0.29, 0.717) is 18.7 Å². The summed E-state index contributed by atoms with van der Waals surface area (Å²) in [6.07, 6.45) is 0. The molecule has 0 spiro atoms. The van der Waals surface area contributed by atoms with Gasteiger partial charge in [0.1, 0.15) is 12.4 Å². The maximum atomic E-state index is 5.91. The van der Waals surface area contributed by atoms with Gasteiger partial charge in [0.05, 0.1) is 0 Å². The molecule has 25 heavy (non-hydrogen) atoms. The van der Waals surface area contributed by atoms with E-state index in [1.54, 1.807) is 0 Å². The molecule has 0 radical (unpaired) electrons. The molecular formula is C22H28N2O. The van der Waals surface area contributed by atoms with E-state index < -0.39 is 0 Å². The topological polar surface area (TPSA) is 24.5 Å². The number of ether oxygens (including phenoxy) is 1. The van der Waals surface area contributed by atoms with Crippen LogP contribution in [0.3, 0.4) is 0 Å². The van der Waals surface area contributed by atoms with Crippen LogP contribution in [0.15, 0.2) is 54.6 Å². The summed E-state index contributed by atoms with van der Waals surface area (Å²) in [6.45, 7) is 8.93. The van der Waals surface area contributed by atoms with Crippen LogP contribution in [-0.2, 0) is 6.61 Å². The van der Waals surface area contributed by atoms with Crippen molar-refractivity contribution in [3.05, 3.63) is 65.7 Å². The van der Waals surface area contributed by atoms with Crippen LogP contribution in [0.5, 0.6) is 5.75 Å². The molecule has 2 aromatic rings. The molecule has 2 fully saturated rings. The predicted molar refractivity (Wildman–Crippen MR) is 102 cm³/mol. The molecule has 4 atom stereocenters. The second-order valence-corrected chi connectivity index (χ2v) is 7.54. The molecule has 0 saturated carbocycles. The highest BCUT2D eigenvalue weighted by Gasteiger charge is 2.43. The van der Waals surface area contributed by atoms with Gasteiger partial charge in [0, 0.05) is 18.6 Å². The first-order valence-corrected chi connectivity index (χ1v) is 9.45. The minimum Gasteiger partial charge on any atom is -0.489 e. The Morgan fingerprint density at radius 2 is 1.84 bits per heavy atom. The largest absolute Gasteiger partial charge is 0.489 e. The van der Waals surface area contributed by atoms with E-state index in [1.165, 1.54) is 30.8 Å². The second kappa shape index (κ2) is 7.19. The van der Waals surface area contributed by atoms with Crippen molar-refractivity contribution < 1.29 is 4.74 Å². The maximum absolute atomic E-state index is 5.91. The molecule has 2 saturated heterocycles. The molecule has 3 nitrogen and oxygen atoms in total. The molecule has 4 unspecified atom stereocenters. The average molecular weight is 336 g/mol. The number of nitrogens with one attached hydrogen (secondary N) is 1. The Bertz CT molecular complexity index is 685. The fourth-order valence-electron chi connectivity index (χ4n) is 4.49. The molecule has 0 bridgehead atoms. The zero-order valence-electron chi connectivity index (χ0n) is 15.2. The zero-order chi connectivity index (χ0) is 17.2. The van der Waals surface area contributed by atoms with Crippen LogP contribution in [0.1, 0.15) is 31.0 Å². The first-order valence-electron chi connectivity index (χ1n) is 9.45. The Morgan fingerprint density at radius 1 is 1.08 bits per heavy atom. The number of benzene rings is 2. The van der Waals surface area contributed by atoms with Gasteiger partial charge in [-0.05, 0) is 62.0 Å². The number of nitrogens with zero attached hydrogens (tertiary/aromatic N) is 1. The summed E-state index contributed by atoms with van der Waals surface area (Å²) in [4.78, 5) is 2.68. The second-order valence-electron chi connectivity index (χ2n) is 7.54. The minimum absolute atomic E-state index is 0.462. The molecule has 4 rings (SSSR count). The normalized spacial score (nSPS) is 27.2. The van der Waals surface area contributed by atoms with E-state index >= 15 is 0 Å². The highest BCUT2D eigenvalue weighted by atomic mass is 16.5. The first-order chi connectivity index (χ1) is 12.2. The molecule has 2 aliphatic rings. The van der Waals surface area contributed by atoms with Crippen molar-refractivity contribution in [3.63, 3.8) is 0 Å². The van der Waals surface area contributed by atoms with Gasteiger partial charge in [0.25, 0.3) is 0 Å². The van der Waals surface area contributed by atoms with Gasteiger partial charge in [-0.3, -0.25) is 4.90 Å². The van der Waals surface area contributed by atoms with E-state index in [2.05, 4.69) is 60.5 Å². The van der Waals surface area contributed by atoms with Crippen LogP contribution < -0.4 is 10.1 Å². The zero-order valence-corrected chi connectivity index (χ0v) is 15.2. The van der Waals surface area contributed by atoms with E-state index in [0.717, 1.165) is 17.6 Å². The fourth-order valence-corrected chi connectivity index (χ4v) is 4.49. The predicted octanol–water partition coefficient (Wildman–Crippen LogP) is 3.87. The highest BCUT2D eigenvalue weighted by molar-refractivity contribution is 5.30. The smallest absolute Gasteiger partial charge is 0.119 e. The summed E-state index contributed by atoms with van der Waals surface area (Å²) in [5.41, 5.74) is 2.58. The third-order valence-electron chi connectivity index (χ3n) is 6.09. The van der Waals surface area contributed by atoms with Crippen molar-refractivity contribution in [2.75, 3.05) is 19.6 Å². The van der Waals surface area contributed by atoms with Gasteiger partial charge in [-0.2, -0.15) is 0 Å². The third kappa shape index (κ3) is 3.44. The van der Waals surface area contributed by atoms with Gasteiger partial charge in [-0.1, -0.05) is 42.5 Å². The van der Waals surface area contributed by atoms with Crippen molar-refractivity contribution in [3.8, 4) is 5.75 Å². The summed E-state index contributed by atoms with van der Waals surface area (Å²) in [7, 11) is 0. The third-order valence-corrected chi connectivity index (χ3v) is 6.09. The quantitative estimate of drug-likeness (QED) is 0.897. The van der Waals surface area contributed by atoms with Gasteiger partial charge in [0.15, 0.2) is 0 Å². The van der Waals surface area contributed by atoms with Crippen LogP contribution in [-0.4, -0.2) is 30.6 Å². The standard InChI is InChI=1S/C22H28N2O/c1-16(24-14-20-12-23-13-22(20)17(24)2)19-8-10-21(11-9-19)25-15-18-6-4-3-5-7-18/h3-11,16-17,20,22-23H,12-15H2,1-2H3. The summed E-state index contributed by atoms with van der Waals surface area (Å²) >= 11 is 0. The molecule has 132 valence electrons. The number of hydrogen-bond donors (Lipinski definition) is 1. The summed E-state index contributed by atoms with van der Waals surface area (Å²) < 4.78 is 5.91. The van der Waals surface area contributed by atoms with Crippen molar-refractivity contribution in [2.24, 2.45) is 11.8 Å². The molecule has 0 aromatic heterocycles. The number of rotatable bonds is 5. The Kier molecular flexibility index (Phi) is 4.78. The van der Waals surface area contributed by atoms with Crippen LogP contribution in [0, 0.1) is 11.8 Å². The molecular weight excluding hydrogens is 308 g/mol. The molecule has 2 heterocycles. The maximum Gasteiger partial charge on any atom is 0.119 e. The van der Waals surface area contributed by atoms with Gasteiger partial charge in [-0.25, -0.2) is 0 Å². The lowest BCUT2D eigenvalue weighted by Crippen LogP contribution is -2.35. The van der Waals surface area contributed by atoms with Crippen LogP contribution in [0.4, 0.5) is 0 Å². The van der Waals surface area contributed by atoms with E-state index in [-0.39, 0.29) is 0 Å². The van der Waals surface area contributed by atoms with Crippen LogP contribution in [0.2, 0.25) is 0 Å². The highest BCUT2D eigenvalue weighted by Crippen LogP contribution is 2.38. The number of fused-ring (bicyclic) bond motifs is 1. The minimum atomic E-state index is 0.462. The molecule has 0 amide bonds. The Labute approximate surface area is 151 Å². The Balaban J connectivity index is 1.38. The monoisotopic (exact) mass is 336 g/mol. The summed E-state index contributed by atoms with van der Waals surface area (Å²) in [6, 6.07) is 20.1. The van der Waals surface area contributed by atoms with Gasteiger partial charge in [0.2, 0.25) is 0 Å². The van der Waals surface area contributed by atoms with Gasteiger partial charge < -0.3 is 10.1 Å². The Hall–Kier alpha value is -1.84. The average Bonchev–Trinajstić information content (AvgIpc) is 3.24. The molecule has 2 aromatic carbocycles. The molecule has 2 aliphatic heterocycles. The van der Waals surface area contributed by atoms with E-state index in [9.17, 15) is 0 Å². The van der Waals surface area contributed by atoms with Crippen LogP contribution in [0.25, 0.3) is 0 Å². The van der Waals surface area contributed by atoms with Crippen molar-refractivity contribution in [2.45, 2.75) is 32.5 Å². The van der Waals surface area contributed by atoms with Gasteiger partial charge in [-0.15, -0.1) is 0 Å². The molecule has 0 aliphatic carbocycles. The summed E-state index contributed by atoms with van der Waals surface area (Å²) in [5.74, 6) is 2.58.